The molecule has 4 rings (SSSR count). The first kappa shape index (κ1) is 18.6. The van der Waals surface area contributed by atoms with Crippen molar-refractivity contribution < 1.29 is 23.8 Å². The fourth-order valence-electron chi connectivity index (χ4n) is 3.09. The second-order valence-corrected chi connectivity index (χ2v) is 6.21. The Balaban J connectivity index is 1.78. The Kier molecular flexibility index (Phi) is 4.96. The average molecular weight is 394 g/mol. The Morgan fingerprint density at radius 2 is 1.66 bits per heavy atom. The van der Waals surface area contributed by atoms with E-state index >= 15 is 0 Å². The number of anilines is 1. The summed E-state index contributed by atoms with van der Waals surface area (Å²) in [6.07, 6.45) is 0. The van der Waals surface area contributed by atoms with Crippen LogP contribution in [0.4, 0.5) is 5.69 Å². The van der Waals surface area contributed by atoms with Crippen molar-refractivity contribution in [1.29, 1.82) is 0 Å². The van der Waals surface area contributed by atoms with Crippen LogP contribution < -0.4 is 4.90 Å². The highest BCUT2D eigenvalue weighted by Crippen LogP contribution is 2.28. The Morgan fingerprint density at radius 1 is 0.931 bits per heavy atom. The molecule has 1 aromatic heterocycles. The first-order chi connectivity index (χ1) is 14.1. The highest BCUT2D eigenvalue weighted by atomic mass is 16.5. The van der Waals surface area contributed by atoms with Gasteiger partial charge in [-0.25, -0.2) is 9.59 Å². The monoisotopic (exact) mass is 394 g/mol. The lowest BCUT2D eigenvalue weighted by atomic mass is 10.1. The number of carbonyl (C=O) groups excluding carboxylic acids is 2. The van der Waals surface area contributed by atoms with Gasteiger partial charge in [0, 0.05) is 5.69 Å². The topological polar surface area (TPSA) is 95.8 Å². The molecule has 0 amide bonds. The fraction of sp³-hybridized carbons (Fsp3) is 0.200. The van der Waals surface area contributed by atoms with E-state index in [9.17, 15) is 9.59 Å². The molecule has 2 heterocycles. The van der Waals surface area contributed by atoms with Crippen molar-refractivity contribution in [1.82, 2.24) is 15.0 Å². The fourth-order valence-corrected chi connectivity index (χ4v) is 3.09. The number of fused-ring (bicyclic) bond motifs is 1. The third-order valence-corrected chi connectivity index (χ3v) is 4.50. The summed E-state index contributed by atoms with van der Waals surface area (Å²) in [6, 6.07) is 14.9. The van der Waals surface area contributed by atoms with Crippen LogP contribution in [0, 0.1) is 0 Å². The highest BCUT2D eigenvalue weighted by Gasteiger charge is 2.32. The van der Waals surface area contributed by atoms with Crippen molar-refractivity contribution in [3.63, 3.8) is 0 Å². The SMILES string of the molecule is COC(=O)C1=C(C(=O)OC)N(c2ccc3nn(-c4ccccc4)nc3c2)COC1. The normalized spacial score (nSPS) is 14.2. The van der Waals surface area contributed by atoms with Crippen LogP contribution >= 0.6 is 0 Å². The van der Waals surface area contributed by atoms with E-state index < -0.39 is 11.9 Å². The number of hydrogen-bond donors (Lipinski definition) is 0. The standard InChI is InChI=1S/C20H18N4O5/c1-27-19(25)15-11-29-12-23(18(15)20(26)28-2)14-8-9-16-17(10-14)22-24(21-16)13-6-4-3-5-7-13/h3-10H,11-12H2,1-2H3. The lowest BCUT2D eigenvalue weighted by Gasteiger charge is -2.31. The lowest BCUT2D eigenvalue weighted by molar-refractivity contribution is -0.140. The summed E-state index contributed by atoms with van der Waals surface area (Å²) in [4.78, 5) is 27.6. The molecule has 2 aromatic carbocycles. The van der Waals surface area contributed by atoms with E-state index in [1.54, 1.807) is 23.1 Å². The van der Waals surface area contributed by atoms with Gasteiger partial charge in [-0.2, -0.15) is 4.80 Å². The van der Waals surface area contributed by atoms with Crippen LogP contribution in [-0.2, 0) is 23.8 Å². The third-order valence-electron chi connectivity index (χ3n) is 4.50. The average Bonchev–Trinajstić information content (AvgIpc) is 3.21. The Morgan fingerprint density at radius 3 is 2.38 bits per heavy atom. The number of esters is 2. The molecule has 9 heteroatoms. The van der Waals surface area contributed by atoms with E-state index in [0.717, 1.165) is 5.69 Å². The minimum atomic E-state index is -0.651. The van der Waals surface area contributed by atoms with Crippen molar-refractivity contribution in [2.45, 2.75) is 0 Å². The smallest absolute Gasteiger partial charge is 0.355 e. The molecule has 0 atom stereocenters. The zero-order valence-electron chi connectivity index (χ0n) is 15.9. The van der Waals surface area contributed by atoms with Crippen LogP contribution in [0.5, 0.6) is 0 Å². The molecule has 3 aromatic rings. The first-order valence-corrected chi connectivity index (χ1v) is 8.80. The number of aromatic nitrogens is 3. The van der Waals surface area contributed by atoms with Crippen molar-refractivity contribution in [3.8, 4) is 5.69 Å². The zero-order chi connectivity index (χ0) is 20.4. The van der Waals surface area contributed by atoms with Gasteiger partial charge in [0.2, 0.25) is 0 Å². The van der Waals surface area contributed by atoms with E-state index in [1.165, 1.54) is 19.0 Å². The number of ether oxygens (including phenoxy) is 3. The van der Waals surface area contributed by atoms with E-state index in [4.69, 9.17) is 14.2 Å². The van der Waals surface area contributed by atoms with Gasteiger partial charge < -0.3 is 19.1 Å². The van der Waals surface area contributed by atoms with Crippen LogP contribution in [-0.4, -0.2) is 54.5 Å². The highest BCUT2D eigenvalue weighted by molar-refractivity contribution is 6.03. The number of hydrogen-bond acceptors (Lipinski definition) is 8. The van der Waals surface area contributed by atoms with Crippen molar-refractivity contribution in [2.75, 3.05) is 32.5 Å². The van der Waals surface area contributed by atoms with E-state index in [-0.39, 0.29) is 24.6 Å². The van der Waals surface area contributed by atoms with E-state index in [2.05, 4.69) is 10.2 Å². The predicted octanol–water partition coefficient (Wildman–Crippen LogP) is 1.81. The minimum absolute atomic E-state index is 0.0416. The molecular formula is C20H18N4O5. The van der Waals surface area contributed by atoms with Crippen LogP contribution in [0.25, 0.3) is 16.7 Å². The molecule has 1 aliphatic rings. The summed E-state index contributed by atoms with van der Waals surface area (Å²) in [5, 5.41) is 8.99. The second-order valence-electron chi connectivity index (χ2n) is 6.21. The van der Waals surface area contributed by atoms with Crippen LogP contribution in [0.2, 0.25) is 0 Å². The summed E-state index contributed by atoms with van der Waals surface area (Å²) < 4.78 is 15.2. The molecule has 0 saturated carbocycles. The van der Waals surface area contributed by atoms with Crippen LogP contribution in [0.1, 0.15) is 0 Å². The van der Waals surface area contributed by atoms with Gasteiger partial charge in [0.05, 0.1) is 32.1 Å². The molecule has 0 spiro atoms. The van der Waals surface area contributed by atoms with Gasteiger partial charge in [-0.3, -0.25) is 0 Å². The number of methoxy groups -OCH3 is 2. The predicted molar refractivity (Wildman–Crippen MR) is 103 cm³/mol. The Hall–Kier alpha value is -3.72. The maximum Gasteiger partial charge on any atom is 0.355 e. The molecular weight excluding hydrogens is 376 g/mol. The molecule has 0 bridgehead atoms. The Labute approximate surface area is 166 Å². The van der Waals surface area contributed by atoms with Gasteiger partial charge in [-0.15, -0.1) is 10.2 Å². The van der Waals surface area contributed by atoms with Gasteiger partial charge in [0.25, 0.3) is 0 Å². The molecule has 29 heavy (non-hydrogen) atoms. The second kappa shape index (κ2) is 7.72. The summed E-state index contributed by atoms with van der Waals surface area (Å²) in [7, 11) is 2.50. The van der Waals surface area contributed by atoms with Gasteiger partial charge in [0.1, 0.15) is 23.5 Å². The molecule has 148 valence electrons. The molecule has 0 unspecified atom stereocenters. The maximum atomic E-state index is 12.4. The number of nitrogens with zero attached hydrogens (tertiary/aromatic N) is 4. The number of para-hydroxylation sites is 1. The number of carbonyl (C=O) groups is 2. The van der Waals surface area contributed by atoms with Crippen molar-refractivity contribution in [2.24, 2.45) is 0 Å². The largest absolute Gasteiger partial charge is 0.466 e. The van der Waals surface area contributed by atoms with E-state index in [0.29, 0.717) is 16.7 Å². The lowest BCUT2D eigenvalue weighted by Crippen LogP contribution is -2.38. The molecule has 0 fully saturated rings. The van der Waals surface area contributed by atoms with Crippen LogP contribution in [0.15, 0.2) is 59.8 Å². The minimum Gasteiger partial charge on any atom is -0.466 e. The van der Waals surface area contributed by atoms with Crippen molar-refractivity contribution >= 4 is 28.7 Å². The number of rotatable bonds is 4. The molecule has 0 saturated heterocycles. The van der Waals surface area contributed by atoms with Crippen LogP contribution in [0.3, 0.4) is 0 Å². The van der Waals surface area contributed by atoms with Crippen molar-refractivity contribution in [3.05, 3.63) is 59.8 Å². The third kappa shape index (κ3) is 3.43. The Bertz CT molecular complexity index is 1110. The summed E-state index contributed by atoms with van der Waals surface area (Å²) in [6.45, 7) is 0.0310. The van der Waals surface area contributed by atoms with E-state index in [1.807, 2.05) is 30.3 Å². The maximum absolute atomic E-state index is 12.4. The van der Waals surface area contributed by atoms with Gasteiger partial charge in [0.15, 0.2) is 0 Å². The summed E-state index contributed by atoms with van der Waals surface area (Å²) in [5.41, 5.74) is 2.93. The zero-order valence-corrected chi connectivity index (χ0v) is 15.9. The molecule has 9 nitrogen and oxygen atoms in total. The number of benzene rings is 2. The first-order valence-electron chi connectivity index (χ1n) is 8.80. The molecule has 0 N–H and O–H groups in total. The summed E-state index contributed by atoms with van der Waals surface area (Å²) >= 11 is 0. The van der Waals surface area contributed by atoms with Gasteiger partial charge >= 0.3 is 11.9 Å². The summed E-state index contributed by atoms with van der Waals surface area (Å²) in [5.74, 6) is -1.30. The molecule has 0 aliphatic carbocycles. The van der Waals surface area contributed by atoms with Gasteiger partial charge in [-0.05, 0) is 30.3 Å². The molecule has 0 radical (unpaired) electrons. The molecule has 1 aliphatic heterocycles. The van der Waals surface area contributed by atoms with Gasteiger partial charge in [-0.1, -0.05) is 18.2 Å². The quantitative estimate of drug-likeness (QED) is 0.619.